The van der Waals surface area contributed by atoms with Gasteiger partial charge < -0.3 is 15.2 Å². The highest BCUT2D eigenvalue weighted by Crippen LogP contribution is 2.14. The molecule has 1 aliphatic rings. The van der Waals surface area contributed by atoms with Gasteiger partial charge in [0.25, 0.3) is 0 Å². The van der Waals surface area contributed by atoms with Crippen LogP contribution in [0.1, 0.15) is 32.6 Å². The second-order valence-electron chi connectivity index (χ2n) is 3.73. The highest BCUT2D eigenvalue weighted by Gasteiger charge is 2.17. The first-order valence-corrected chi connectivity index (χ1v) is 5.28. The quantitative estimate of drug-likeness (QED) is 0.501. The van der Waals surface area contributed by atoms with Crippen molar-refractivity contribution in [1.82, 2.24) is 0 Å². The Morgan fingerprint density at radius 2 is 2.50 bits per heavy atom. The Bertz CT molecular complexity index is 179. The molecule has 0 spiro atoms. The Hall–Kier alpha value is -0.610. The molecule has 1 aliphatic heterocycles. The van der Waals surface area contributed by atoms with Gasteiger partial charge in [0.05, 0.1) is 24.7 Å². The van der Waals surface area contributed by atoms with Crippen LogP contribution < -0.4 is 5.73 Å². The van der Waals surface area contributed by atoms with E-state index in [9.17, 15) is 0 Å². The summed E-state index contributed by atoms with van der Waals surface area (Å²) in [6.45, 7) is 3.55. The fourth-order valence-electron chi connectivity index (χ4n) is 1.59. The van der Waals surface area contributed by atoms with E-state index in [0.29, 0.717) is 13.0 Å². The van der Waals surface area contributed by atoms with Crippen molar-refractivity contribution in [3.05, 3.63) is 0 Å². The van der Waals surface area contributed by atoms with Crippen molar-refractivity contribution >= 4 is 5.84 Å². The molecule has 1 saturated heterocycles. The molecule has 4 nitrogen and oxygen atoms in total. The smallest absolute Gasteiger partial charge is 0.0931 e. The summed E-state index contributed by atoms with van der Waals surface area (Å²) < 4.78 is 11.1. The molecular weight excluding hydrogens is 180 g/mol. The molecule has 0 radical (unpaired) electrons. The zero-order valence-electron chi connectivity index (χ0n) is 8.79. The van der Waals surface area contributed by atoms with Gasteiger partial charge in [-0.3, -0.25) is 5.41 Å². The maximum atomic E-state index is 7.18. The Morgan fingerprint density at radius 3 is 3.00 bits per heavy atom. The van der Waals surface area contributed by atoms with Gasteiger partial charge in [0.1, 0.15) is 0 Å². The van der Waals surface area contributed by atoms with Gasteiger partial charge in [-0.2, -0.15) is 0 Å². The maximum absolute atomic E-state index is 7.18. The summed E-state index contributed by atoms with van der Waals surface area (Å²) in [7, 11) is 0. The minimum Gasteiger partial charge on any atom is -0.388 e. The third-order valence-electron chi connectivity index (χ3n) is 2.44. The molecule has 4 heteroatoms. The van der Waals surface area contributed by atoms with Crippen LogP contribution in [0.4, 0.5) is 0 Å². The van der Waals surface area contributed by atoms with E-state index in [0.717, 1.165) is 25.9 Å². The van der Waals surface area contributed by atoms with E-state index >= 15 is 0 Å². The summed E-state index contributed by atoms with van der Waals surface area (Å²) >= 11 is 0. The second kappa shape index (κ2) is 5.98. The SMILES string of the molecule is CCC(CC(=N)N)OCC1CCCO1. The predicted molar refractivity (Wildman–Crippen MR) is 55.5 cm³/mol. The fraction of sp³-hybridized carbons (Fsp3) is 0.900. The molecule has 2 atom stereocenters. The normalized spacial score (nSPS) is 23.6. The lowest BCUT2D eigenvalue weighted by Gasteiger charge is -2.17. The number of hydrogen-bond donors (Lipinski definition) is 2. The first-order chi connectivity index (χ1) is 6.72. The summed E-state index contributed by atoms with van der Waals surface area (Å²) in [5.41, 5.74) is 5.32. The second-order valence-corrected chi connectivity index (χ2v) is 3.73. The monoisotopic (exact) mass is 200 g/mol. The van der Waals surface area contributed by atoms with Gasteiger partial charge >= 0.3 is 0 Å². The number of ether oxygens (including phenoxy) is 2. The van der Waals surface area contributed by atoms with E-state index in [2.05, 4.69) is 0 Å². The lowest BCUT2D eigenvalue weighted by atomic mass is 10.2. The molecule has 0 aliphatic carbocycles. The van der Waals surface area contributed by atoms with Crippen molar-refractivity contribution in [2.75, 3.05) is 13.2 Å². The van der Waals surface area contributed by atoms with Crippen molar-refractivity contribution in [3.8, 4) is 0 Å². The molecule has 1 rings (SSSR count). The number of nitrogens with one attached hydrogen (secondary N) is 1. The molecule has 0 amide bonds. The average Bonchev–Trinajstić information content (AvgIpc) is 2.64. The number of nitrogens with two attached hydrogens (primary N) is 1. The van der Waals surface area contributed by atoms with Crippen molar-refractivity contribution in [1.29, 1.82) is 5.41 Å². The molecular formula is C10H20N2O2. The van der Waals surface area contributed by atoms with Crippen LogP contribution in [0.3, 0.4) is 0 Å². The molecule has 3 N–H and O–H groups in total. The third kappa shape index (κ3) is 4.07. The van der Waals surface area contributed by atoms with E-state index in [1.165, 1.54) is 0 Å². The topological polar surface area (TPSA) is 68.3 Å². The standard InChI is InChI=1S/C10H20N2O2/c1-2-8(6-10(11)12)14-7-9-4-3-5-13-9/h8-9H,2-7H2,1H3,(H3,11,12). The van der Waals surface area contributed by atoms with E-state index in [4.69, 9.17) is 20.6 Å². The Morgan fingerprint density at radius 1 is 1.71 bits per heavy atom. The number of rotatable bonds is 6. The van der Waals surface area contributed by atoms with Gasteiger partial charge in [0.15, 0.2) is 0 Å². The van der Waals surface area contributed by atoms with Crippen molar-refractivity contribution < 1.29 is 9.47 Å². The highest BCUT2D eigenvalue weighted by molar-refractivity contribution is 5.77. The van der Waals surface area contributed by atoms with Gasteiger partial charge in [0.2, 0.25) is 0 Å². The van der Waals surface area contributed by atoms with Crippen LogP contribution >= 0.6 is 0 Å². The first-order valence-electron chi connectivity index (χ1n) is 5.28. The minimum absolute atomic E-state index is 0.0803. The van der Waals surface area contributed by atoms with Gasteiger partial charge in [-0.1, -0.05) is 6.92 Å². The number of hydrogen-bond acceptors (Lipinski definition) is 3. The van der Waals surface area contributed by atoms with E-state index in [1.807, 2.05) is 6.92 Å². The summed E-state index contributed by atoms with van der Waals surface area (Å²) in [5, 5.41) is 7.18. The van der Waals surface area contributed by atoms with Gasteiger partial charge in [-0.15, -0.1) is 0 Å². The van der Waals surface area contributed by atoms with Gasteiger partial charge in [0, 0.05) is 13.0 Å². The van der Waals surface area contributed by atoms with Crippen LogP contribution in [0, 0.1) is 5.41 Å². The van der Waals surface area contributed by atoms with E-state index in [1.54, 1.807) is 0 Å². The Balaban J connectivity index is 2.15. The molecule has 14 heavy (non-hydrogen) atoms. The number of amidine groups is 1. The van der Waals surface area contributed by atoms with E-state index < -0.39 is 0 Å². The Labute approximate surface area is 85.3 Å². The summed E-state index contributed by atoms with van der Waals surface area (Å²) in [5.74, 6) is 0.198. The summed E-state index contributed by atoms with van der Waals surface area (Å²) in [6.07, 6.45) is 4.00. The van der Waals surface area contributed by atoms with Crippen LogP contribution in [0.25, 0.3) is 0 Å². The van der Waals surface area contributed by atoms with Gasteiger partial charge in [-0.25, -0.2) is 0 Å². The molecule has 82 valence electrons. The van der Waals surface area contributed by atoms with Crippen LogP contribution in [-0.4, -0.2) is 31.3 Å². The summed E-state index contributed by atoms with van der Waals surface area (Å²) in [4.78, 5) is 0. The average molecular weight is 200 g/mol. The lowest BCUT2D eigenvalue weighted by Crippen LogP contribution is -2.25. The predicted octanol–water partition coefficient (Wildman–Crippen LogP) is 1.29. The summed E-state index contributed by atoms with van der Waals surface area (Å²) in [6, 6.07) is 0. The van der Waals surface area contributed by atoms with Crippen LogP contribution in [0.2, 0.25) is 0 Å². The minimum atomic E-state index is 0.0803. The molecule has 0 saturated carbocycles. The van der Waals surface area contributed by atoms with Crippen molar-refractivity contribution in [2.24, 2.45) is 5.73 Å². The zero-order valence-corrected chi connectivity index (χ0v) is 8.79. The highest BCUT2D eigenvalue weighted by atomic mass is 16.5. The van der Waals surface area contributed by atoms with Crippen molar-refractivity contribution in [2.45, 2.75) is 44.8 Å². The Kier molecular flexibility index (Phi) is 4.90. The molecule has 0 bridgehead atoms. The van der Waals surface area contributed by atoms with Crippen LogP contribution in [0.5, 0.6) is 0 Å². The molecule has 2 unspecified atom stereocenters. The van der Waals surface area contributed by atoms with Gasteiger partial charge in [-0.05, 0) is 19.3 Å². The van der Waals surface area contributed by atoms with E-state index in [-0.39, 0.29) is 18.0 Å². The molecule has 1 fully saturated rings. The molecule has 0 aromatic rings. The maximum Gasteiger partial charge on any atom is 0.0931 e. The molecule has 1 heterocycles. The molecule has 0 aromatic carbocycles. The van der Waals surface area contributed by atoms with Crippen LogP contribution in [-0.2, 0) is 9.47 Å². The first kappa shape index (κ1) is 11.5. The fourth-order valence-corrected chi connectivity index (χ4v) is 1.59. The lowest BCUT2D eigenvalue weighted by molar-refractivity contribution is -0.0189. The largest absolute Gasteiger partial charge is 0.388 e. The molecule has 0 aromatic heterocycles. The zero-order chi connectivity index (χ0) is 10.4. The van der Waals surface area contributed by atoms with Crippen molar-refractivity contribution in [3.63, 3.8) is 0 Å². The third-order valence-corrected chi connectivity index (χ3v) is 2.44. The van der Waals surface area contributed by atoms with Crippen LogP contribution in [0.15, 0.2) is 0 Å².